The molecule has 0 radical (unpaired) electrons. The number of aromatic nitrogens is 1. The number of fused-ring (bicyclic) bond motifs is 2. The lowest BCUT2D eigenvalue weighted by atomic mass is 9.94. The molecule has 2 aromatic rings. The van der Waals surface area contributed by atoms with Crippen LogP contribution in [0.25, 0.3) is 0 Å². The second-order valence-electron chi connectivity index (χ2n) is 7.49. The summed E-state index contributed by atoms with van der Waals surface area (Å²) in [5, 5.41) is 5.88. The van der Waals surface area contributed by atoms with E-state index in [0.717, 1.165) is 13.0 Å². The summed E-state index contributed by atoms with van der Waals surface area (Å²) in [6, 6.07) is 3.97. The van der Waals surface area contributed by atoms with Crippen molar-refractivity contribution in [2.75, 3.05) is 25.0 Å². The van der Waals surface area contributed by atoms with E-state index in [1.807, 2.05) is 0 Å². The summed E-state index contributed by atoms with van der Waals surface area (Å²) in [7, 11) is -2.27. The van der Waals surface area contributed by atoms with Crippen LogP contribution in [0, 0.1) is 18.7 Å². The molecule has 0 saturated carbocycles. The van der Waals surface area contributed by atoms with Gasteiger partial charge in [0, 0.05) is 37.4 Å². The van der Waals surface area contributed by atoms with Gasteiger partial charge in [0.2, 0.25) is 10.0 Å². The molecular formula is C19H24ClFN4O4S. The Balaban J connectivity index is 0.00000256. The number of sulfonamides is 1. The second-order valence-corrected chi connectivity index (χ2v) is 9.17. The third-order valence-electron chi connectivity index (χ3n) is 5.40. The Bertz CT molecular complexity index is 1070. The number of benzene rings is 1. The monoisotopic (exact) mass is 458 g/mol. The van der Waals surface area contributed by atoms with Gasteiger partial charge in [-0.3, -0.25) is 4.79 Å². The van der Waals surface area contributed by atoms with Crippen molar-refractivity contribution in [1.29, 1.82) is 0 Å². The number of halogens is 2. The van der Waals surface area contributed by atoms with Crippen molar-refractivity contribution < 1.29 is 22.3 Å². The van der Waals surface area contributed by atoms with E-state index in [9.17, 15) is 17.6 Å². The molecule has 1 fully saturated rings. The molecule has 1 aromatic heterocycles. The summed E-state index contributed by atoms with van der Waals surface area (Å²) in [6.07, 6.45) is 2.14. The van der Waals surface area contributed by atoms with Gasteiger partial charge in [-0.25, -0.2) is 17.5 Å². The first kappa shape index (κ1) is 22.5. The highest BCUT2D eigenvalue weighted by Gasteiger charge is 2.37. The predicted molar refractivity (Wildman–Crippen MR) is 112 cm³/mol. The number of rotatable bonds is 2. The van der Waals surface area contributed by atoms with E-state index in [2.05, 4.69) is 15.4 Å². The van der Waals surface area contributed by atoms with Crippen LogP contribution in [0.2, 0.25) is 0 Å². The number of hydrogen-bond acceptors (Lipinski definition) is 5. The highest BCUT2D eigenvalue weighted by molar-refractivity contribution is 7.89. The van der Waals surface area contributed by atoms with Crippen molar-refractivity contribution in [1.82, 2.24) is 14.6 Å². The molecule has 2 aliphatic rings. The normalized spacial score (nSPS) is 22.4. The number of carbonyl (C=O) groups excluding carboxylic acids is 1. The van der Waals surface area contributed by atoms with Crippen LogP contribution >= 0.6 is 12.4 Å². The van der Waals surface area contributed by atoms with Crippen LogP contribution in [-0.4, -0.2) is 44.6 Å². The molecule has 0 spiro atoms. The number of amides is 1. The fourth-order valence-corrected chi connectivity index (χ4v) is 5.28. The molecule has 8 nitrogen and oxygen atoms in total. The Morgan fingerprint density at radius 2 is 2.13 bits per heavy atom. The maximum Gasteiger partial charge on any atom is 0.276 e. The number of nitrogens with zero attached hydrogens (tertiary/aromatic N) is 1. The molecule has 3 N–H and O–H groups in total. The van der Waals surface area contributed by atoms with E-state index >= 15 is 0 Å². The third kappa shape index (κ3) is 4.18. The van der Waals surface area contributed by atoms with E-state index in [4.69, 9.17) is 4.74 Å². The van der Waals surface area contributed by atoms with Gasteiger partial charge in [0.1, 0.15) is 10.7 Å². The second kappa shape index (κ2) is 8.54. The van der Waals surface area contributed by atoms with Crippen molar-refractivity contribution in [2.24, 2.45) is 13.0 Å². The summed E-state index contributed by atoms with van der Waals surface area (Å²) in [5.74, 6) is -0.857. The molecule has 3 heterocycles. The molecular weight excluding hydrogens is 435 g/mol. The van der Waals surface area contributed by atoms with Crippen LogP contribution in [0.5, 0.6) is 5.75 Å². The zero-order chi connectivity index (χ0) is 20.8. The highest BCUT2D eigenvalue weighted by atomic mass is 35.5. The van der Waals surface area contributed by atoms with Crippen molar-refractivity contribution in [2.45, 2.75) is 24.3 Å². The molecule has 1 saturated heterocycles. The number of nitrogens with one attached hydrogen (secondary N) is 3. The van der Waals surface area contributed by atoms with Gasteiger partial charge in [-0.1, -0.05) is 0 Å². The average molecular weight is 459 g/mol. The molecule has 2 aliphatic heterocycles. The summed E-state index contributed by atoms with van der Waals surface area (Å²) < 4.78 is 49.4. The largest absolute Gasteiger partial charge is 0.489 e. The van der Waals surface area contributed by atoms with Gasteiger partial charge in [0.15, 0.2) is 11.4 Å². The molecule has 0 bridgehead atoms. The first-order valence-electron chi connectivity index (χ1n) is 9.39. The Morgan fingerprint density at radius 3 is 2.87 bits per heavy atom. The third-order valence-corrected chi connectivity index (χ3v) is 6.88. The van der Waals surface area contributed by atoms with E-state index in [0.29, 0.717) is 24.4 Å². The highest BCUT2D eigenvalue weighted by Crippen LogP contribution is 2.34. The Kier molecular flexibility index (Phi) is 6.42. The quantitative estimate of drug-likeness (QED) is 0.637. The molecule has 0 aliphatic carbocycles. The van der Waals surface area contributed by atoms with Crippen LogP contribution in [0.3, 0.4) is 0 Å². The van der Waals surface area contributed by atoms with Crippen molar-refractivity contribution in [3.8, 4) is 5.75 Å². The van der Waals surface area contributed by atoms with Gasteiger partial charge in [-0.05, 0) is 43.7 Å². The van der Waals surface area contributed by atoms with Crippen LogP contribution in [0.15, 0.2) is 29.3 Å². The summed E-state index contributed by atoms with van der Waals surface area (Å²) in [6.45, 7) is 3.22. The van der Waals surface area contributed by atoms with Crippen molar-refractivity contribution in [3.63, 3.8) is 0 Å². The number of piperidine rings is 1. The van der Waals surface area contributed by atoms with Gasteiger partial charge in [-0.2, -0.15) is 0 Å². The van der Waals surface area contributed by atoms with Gasteiger partial charge >= 0.3 is 0 Å². The topological polar surface area (TPSA) is 101 Å². The van der Waals surface area contributed by atoms with Gasteiger partial charge in [0.05, 0.1) is 6.61 Å². The Hall–Kier alpha value is -2.14. The molecule has 164 valence electrons. The Labute approximate surface area is 180 Å². The standard InChI is InChI=1S/C19H23FN4O4S.ClH/c1-11-7-13(3-4-14(11)20)22-19(25)17-18-16(9-24(17)2)29(26,27)23-15-8-21-6-5-12(15)10-28-18;/h3-4,7,9,12,15,21,23H,5-6,8,10H2,1-2H3,(H,22,25);1H/t12-,15-;/m0./s1. The number of ether oxygens (including phenoxy) is 1. The Morgan fingerprint density at radius 1 is 1.37 bits per heavy atom. The molecule has 0 unspecified atom stereocenters. The number of carbonyl (C=O) groups is 1. The molecule has 30 heavy (non-hydrogen) atoms. The van der Waals surface area contributed by atoms with Crippen LogP contribution in [0.4, 0.5) is 10.1 Å². The fraction of sp³-hybridized carbons (Fsp3) is 0.421. The van der Waals surface area contributed by atoms with Crippen LogP contribution in [0.1, 0.15) is 22.5 Å². The smallest absolute Gasteiger partial charge is 0.276 e. The van der Waals surface area contributed by atoms with Gasteiger partial charge in [0.25, 0.3) is 5.91 Å². The summed E-state index contributed by atoms with van der Waals surface area (Å²) in [4.78, 5) is 12.9. The first-order valence-corrected chi connectivity index (χ1v) is 10.9. The molecule has 1 aromatic carbocycles. The first-order chi connectivity index (χ1) is 13.8. The summed E-state index contributed by atoms with van der Waals surface area (Å²) >= 11 is 0. The minimum atomic E-state index is -3.86. The molecule has 2 atom stereocenters. The average Bonchev–Trinajstić information content (AvgIpc) is 3.00. The maximum absolute atomic E-state index is 13.5. The maximum atomic E-state index is 13.5. The predicted octanol–water partition coefficient (Wildman–Crippen LogP) is 1.80. The zero-order valence-corrected chi connectivity index (χ0v) is 18.2. The van der Waals surface area contributed by atoms with Crippen LogP contribution < -0.4 is 20.1 Å². The zero-order valence-electron chi connectivity index (χ0n) is 16.6. The molecule has 4 rings (SSSR count). The van der Waals surface area contributed by atoms with Gasteiger partial charge in [-0.15, -0.1) is 12.4 Å². The number of aryl methyl sites for hydroxylation is 2. The van der Waals surface area contributed by atoms with Crippen molar-refractivity contribution in [3.05, 3.63) is 41.5 Å². The lowest BCUT2D eigenvalue weighted by Crippen LogP contribution is -2.53. The van der Waals surface area contributed by atoms with E-state index < -0.39 is 15.9 Å². The van der Waals surface area contributed by atoms with Crippen molar-refractivity contribution >= 4 is 34.0 Å². The van der Waals surface area contributed by atoms with E-state index in [1.165, 1.54) is 29.0 Å². The molecule has 11 heteroatoms. The lowest BCUT2D eigenvalue weighted by molar-refractivity contribution is 0.101. The number of hydrogen-bond donors (Lipinski definition) is 3. The SMILES string of the molecule is Cc1cc(NC(=O)c2c3c(cn2C)S(=O)(=O)N[C@H]2CNCC[C@H]2CO3)ccc1F.Cl. The fourth-order valence-electron chi connectivity index (χ4n) is 3.79. The van der Waals surface area contributed by atoms with Crippen LogP contribution in [-0.2, 0) is 17.1 Å². The van der Waals surface area contributed by atoms with E-state index in [1.54, 1.807) is 14.0 Å². The lowest BCUT2D eigenvalue weighted by Gasteiger charge is -2.34. The number of anilines is 1. The minimum absolute atomic E-state index is 0. The molecule has 1 amide bonds. The van der Waals surface area contributed by atoms with Gasteiger partial charge < -0.3 is 19.9 Å². The minimum Gasteiger partial charge on any atom is -0.489 e. The summed E-state index contributed by atoms with van der Waals surface area (Å²) in [5.41, 5.74) is 0.902. The van der Waals surface area contributed by atoms with E-state index in [-0.39, 0.29) is 46.5 Å².